The molecule has 0 atom stereocenters. The summed E-state index contributed by atoms with van der Waals surface area (Å²) in [6.07, 6.45) is 0. The molecule has 0 fully saturated rings. The third-order valence-electron chi connectivity index (χ3n) is 12.4. The van der Waals surface area contributed by atoms with E-state index in [4.69, 9.17) is 15.0 Å². The van der Waals surface area contributed by atoms with Gasteiger partial charge in [-0.25, -0.2) is 15.0 Å². The van der Waals surface area contributed by atoms with Crippen molar-refractivity contribution < 1.29 is 0 Å². The molecule has 0 saturated carbocycles. The standard InChI is InChI=1S/C58H37N3S/c1-5-19-38(20-6-1)55-59-56(39-21-7-2-8-22-39)61-57(60-55)47-31-18-34-52-54(47)48-37-40(35-36-51(48)62-52)43-27-13-14-28-44(43)45-30-17-33-50-53(45)46-29-15-16-32-49(46)58(50,41-23-9-3-10-24-41)42-25-11-4-12-26-42/h1-37H. The van der Waals surface area contributed by atoms with Gasteiger partial charge in [-0.1, -0.05) is 206 Å². The lowest BCUT2D eigenvalue weighted by Crippen LogP contribution is -2.28. The largest absolute Gasteiger partial charge is 0.208 e. The van der Waals surface area contributed by atoms with Crippen molar-refractivity contribution in [3.63, 3.8) is 0 Å². The molecule has 1 aliphatic rings. The van der Waals surface area contributed by atoms with Gasteiger partial charge in [0.05, 0.1) is 5.41 Å². The van der Waals surface area contributed by atoms with Crippen LogP contribution in [-0.2, 0) is 5.41 Å². The van der Waals surface area contributed by atoms with Crippen LogP contribution in [0.4, 0.5) is 0 Å². The monoisotopic (exact) mass is 807 g/mol. The second-order valence-corrected chi connectivity index (χ2v) is 16.9. The highest BCUT2D eigenvalue weighted by molar-refractivity contribution is 7.26. The van der Waals surface area contributed by atoms with Crippen molar-refractivity contribution >= 4 is 31.5 Å². The molecule has 2 aromatic heterocycles. The van der Waals surface area contributed by atoms with E-state index < -0.39 is 5.41 Å². The summed E-state index contributed by atoms with van der Waals surface area (Å²) in [5, 5.41) is 2.34. The zero-order chi connectivity index (χ0) is 41.0. The first-order chi connectivity index (χ1) is 30.8. The third kappa shape index (κ3) is 5.68. The number of nitrogens with zero attached hydrogens (tertiary/aromatic N) is 3. The van der Waals surface area contributed by atoms with Gasteiger partial charge >= 0.3 is 0 Å². The van der Waals surface area contributed by atoms with Crippen LogP contribution in [0.15, 0.2) is 224 Å². The molecule has 12 rings (SSSR count). The number of rotatable bonds is 7. The molecule has 0 saturated heterocycles. The number of benzene rings is 9. The fourth-order valence-corrected chi connectivity index (χ4v) is 10.9. The molecule has 3 nitrogen and oxygen atoms in total. The normalized spacial score (nSPS) is 12.6. The first kappa shape index (κ1) is 36.1. The molecule has 4 heteroatoms. The Morgan fingerprint density at radius 1 is 0.323 bits per heavy atom. The molecule has 0 radical (unpaired) electrons. The van der Waals surface area contributed by atoms with E-state index >= 15 is 0 Å². The smallest absolute Gasteiger partial charge is 0.164 e. The topological polar surface area (TPSA) is 38.7 Å². The van der Waals surface area contributed by atoms with Crippen LogP contribution in [0, 0.1) is 0 Å². The summed E-state index contributed by atoms with van der Waals surface area (Å²) in [4.78, 5) is 15.3. The van der Waals surface area contributed by atoms with Crippen molar-refractivity contribution in [2.75, 3.05) is 0 Å². The predicted molar refractivity (Wildman–Crippen MR) is 257 cm³/mol. The quantitative estimate of drug-likeness (QED) is 0.161. The lowest BCUT2D eigenvalue weighted by atomic mass is 9.67. The fraction of sp³-hybridized carbons (Fsp3) is 0.0172. The van der Waals surface area contributed by atoms with Crippen LogP contribution >= 0.6 is 11.3 Å². The Kier molecular flexibility index (Phi) is 8.58. The Labute approximate surface area is 364 Å². The van der Waals surface area contributed by atoms with E-state index in [1.165, 1.54) is 64.9 Å². The molecule has 62 heavy (non-hydrogen) atoms. The van der Waals surface area contributed by atoms with Gasteiger partial charge in [-0.15, -0.1) is 11.3 Å². The van der Waals surface area contributed by atoms with Crippen LogP contribution in [-0.4, -0.2) is 15.0 Å². The Balaban J connectivity index is 1.06. The highest BCUT2D eigenvalue weighted by atomic mass is 32.1. The van der Waals surface area contributed by atoms with E-state index in [1.807, 2.05) is 47.7 Å². The summed E-state index contributed by atoms with van der Waals surface area (Å²) in [6.45, 7) is 0. The van der Waals surface area contributed by atoms with Crippen molar-refractivity contribution in [1.82, 2.24) is 15.0 Å². The van der Waals surface area contributed by atoms with Crippen LogP contribution in [0.25, 0.3) is 87.7 Å². The molecule has 1 aliphatic carbocycles. The zero-order valence-corrected chi connectivity index (χ0v) is 34.4. The van der Waals surface area contributed by atoms with Gasteiger partial charge in [-0.2, -0.15) is 0 Å². The van der Waals surface area contributed by atoms with Crippen LogP contribution in [0.2, 0.25) is 0 Å². The number of fused-ring (bicyclic) bond motifs is 6. The summed E-state index contributed by atoms with van der Waals surface area (Å²) in [7, 11) is 0. The second-order valence-electron chi connectivity index (χ2n) is 15.8. The maximum Gasteiger partial charge on any atom is 0.164 e. The molecule has 0 aliphatic heterocycles. The van der Waals surface area contributed by atoms with E-state index in [2.05, 4.69) is 188 Å². The number of aromatic nitrogens is 3. The summed E-state index contributed by atoms with van der Waals surface area (Å²) < 4.78 is 2.42. The minimum atomic E-state index is -0.472. The van der Waals surface area contributed by atoms with E-state index in [1.54, 1.807) is 0 Å². The van der Waals surface area contributed by atoms with Gasteiger partial charge in [0.15, 0.2) is 17.5 Å². The zero-order valence-electron chi connectivity index (χ0n) is 33.6. The van der Waals surface area contributed by atoms with Crippen molar-refractivity contribution in [1.29, 1.82) is 0 Å². The minimum absolute atomic E-state index is 0.472. The van der Waals surface area contributed by atoms with E-state index in [-0.39, 0.29) is 0 Å². The SMILES string of the molecule is c1ccc(-c2nc(-c3ccccc3)nc(-c3cccc4sc5ccc(-c6ccccc6-c6cccc7c6-c6ccccc6C7(c6ccccc6)c6ccccc6)cc5c34)n2)cc1. The van der Waals surface area contributed by atoms with Crippen LogP contribution in [0.3, 0.4) is 0 Å². The van der Waals surface area contributed by atoms with Gasteiger partial charge in [-0.3, -0.25) is 0 Å². The summed E-state index contributed by atoms with van der Waals surface area (Å²) in [5.74, 6) is 1.97. The number of hydrogen-bond donors (Lipinski definition) is 0. The lowest BCUT2D eigenvalue weighted by molar-refractivity contribution is 0.768. The number of thiophene rings is 1. The van der Waals surface area contributed by atoms with Gasteiger partial charge in [-0.05, 0) is 73.8 Å². The Hall–Kier alpha value is -7.79. The van der Waals surface area contributed by atoms with Crippen molar-refractivity contribution in [2.45, 2.75) is 5.41 Å². The molecule has 0 bridgehead atoms. The van der Waals surface area contributed by atoms with Gasteiger partial charge in [0.25, 0.3) is 0 Å². The molecular weight excluding hydrogens is 771 g/mol. The maximum atomic E-state index is 5.16. The van der Waals surface area contributed by atoms with Crippen molar-refractivity contribution in [3.05, 3.63) is 247 Å². The predicted octanol–water partition coefficient (Wildman–Crippen LogP) is 14.9. The summed E-state index contributed by atoms with van der Waals surface area (Å²) in [5.41, 5.74) is 14.9. The second kappa shape index (κ2) is 14.7. The van der Waals surface area contributed by atoms with Crippen molar-refractivity contribution in [3.8, 4) is 67.5 Å². The molecule has 9 aromatic carbocycles. The Bertz CT molecular complexity index is 3350. The van der Waals surface area contributed by atoms with Gasteiger partial charge in [0, 0.05) is 36.9 Å². The molecule has 0 unspecified atom stereocenters. The van der Waals surface area contributed by atoms with Gasteiger partial charge in [0.1, 0.15) is 0 Å². The average molecular weight is 808 g/mol. The Morgan fingerprint density at radius 2 is 0.823 bits per heavy atom. The van der Waals surface area contributed by atoms with E-state index in [9.17, 15) is 0 Å². The van der Waals surface area contributed by atoms with Gasteiger partial charge in [0.2, 0.25) is 0 Å². The van der Waals surface area contributed by atoms with E-state index in [0.29, 0.717) is 17.5 Å². The molecule has 2 heterocycles. The van der Waals surface area contributed by atoms with Gasteiger partial charge < -0.3 is 0 Å². The average Bonchev–Trinajstić information content (AvgIpc) is 3.89. The molecule has 0 amide bonds. The summed E-state index contributed by atoms with van der Waals surface area (Å²) >= 11 is 1.81. The van der Waals surface area contributed by atoms with Crippen LogP contribution in [0.5, 0.6) is 0 Å². The highest BCUT2D eigenvalue weighted by Crippen LogP contribution is 2.58. The Morgan fingerprint density at radius 3 is 1.48 bits per heavy atom. The summed E-state index contributed by atoms with van der Waals surface area (Å²) in [6, 6.07) is 80.7. The maximum absolute atomic E-state index is 5.16. The lowest BCUT2D eigenvalue weighted by Gasteiger charge is -2.34. The van der Waals surface area contributed by atoms with Crippen molar-refractivity contribution in [2.24, 2.45) is 0 Å². The van der Waals surface area contributed by atoms with Crippen LogP contribution in [0.1, 0.15) is 22.3 Å². The highest BCUT2D eigenvalue weighted by Gasteiger charge is 2.46. The first-order valence-electron chi connectivity index (χ1n) is 21.0. The van der Waals surface area contributed by atoms with E-state index in [0.717, 1.165) is 27.6 Å². The fourth-order valence-electron chi connectivity index (χ4n) is 9.80. The first-order valence-corrected chi connectivity index (χ1v) is 21.8. The third-order valence-corrected chi connectivity index (χ3v) is 13.6. The molecular formula is C58H37N3S. The minimum Gasteiger partial charge on any atom is -0.208 e. The van der Waals surface area contributed by atoms with Crippen LogP contribution < -0.4 is 0 Å². The molecule has 0 N–H and O–H groups in total. The molecule has 11 aromatic rings. The molecule has 290 valence electrons. The molecule has 0 spiro atoms. The number of hydrogen-bond acceptors (Lipinski definition) is 4.